The highest BCUT2D eigenvalue weighted by Crippen LogP contribution is 2.20. The van der Waals surface area contributed by atoms with Gasteiger partial charge in [-0.25, -0.2) is 0 Å². The van der Waals surface area contributed by atoms with Crippen LogP contribution in [0.4, 0.5) is 0 Å². The SMILES string of the molecule is CCCc1c[c]c(C)c(CCC)c1C. The fraction of sp³-hybridized carbons (Fsp3) is 0.571. The molecule has 0 bridgehead atoms. The first-order chi connectivity index (χ1) is 6.70. The van der Waals surface area contributed by atoms with E-state index in [4.69, 9.17) is 0 Å². The van der Waals surface area contributed by atoms with Crippen LogP contribution >= 0.6 is 0 Å². The standard InChI is InChI=1S/C14H21/c1-5-7-13-10-9-11(3)14(8-6-2)12(13)4/h10H,5-8H2,1-4H3. The lowest BCUT2D eigenvalue weighted by atomic mass is 9.93. The average molecular weight is 189 g/mol. The Morgan fingerprint density at radius 2 is 1.71 bits per heavy atom. The zero-order valence-electron chi connectivity index (χ0n) is 9.91. The first-order valence-corrected chi connectivity index (χ1v) is 5.70. The molecule has 0 saturated heterocycles. The largest absolute Gasteiger partial charge is 0.0651 e. The highest BCUT2D eigenvalue weighted by Gasteiger charge is 2.05. The summed E-state index contributed by atoms with van der Waals surface area (Å²) in [5.74, 6) is 0. The molecular weight excluding hydrogens is 168 g/mol. The summed E-state index contributed by atoms with van der Waals surface area (Å²) in [5.41, 5.74) is 5.86. The molecule has 0 atom stereocenters. The number of rotatable bonds is 4. The molecule has 0 unspecified atom stereocenters. The number of aryl methyl sites for hydroxylation is 2. The molecule has 1 aromatic carbocycles. The van der Waals surface area contributed by atoms with E-state index in [-0.39, 0.29) is 0 Å². The lowest BCUT2D eigenvalue weighted by Gasteiger charge is -2.12. The summed E-state index contributed by atoms with van der Waals surface area (Å²) in [6.45, 7) is 8.91. The lowest BCUT2D eigenvalue weighted by Crippen LogP contribution is -1.98. The third-order valence-corrected chi connectivity index (χ3v) is 2.87. The number of benzene rings is 1. The fourth-order valence-electron chi connectivity index (χ4n) is 2.02. The van der Waals surface area contributed by atoms with E-state index >= 15 is 0 Å². The van der Waals surface area contributed by atoms with Gasteiger partial charge in [-0.2, -0.15) is 0 Å². The van der Waals surface area contributed by atoms with Crippen molar-refractivity contribution in [3.63, 3.8) is 0 Å². The van der Waals surface area contributed by atoms with E-state index in [0.717, 1.165) is 0 Å². The van der Waals surface area contributed by atoms with Crippen molar-refractivity contribution in [2.24, 2.45) is 0 Å². The van der Waals surface area contributed by atoms with Crippen LogP contribution in [0.1, 0.15) is 48.9 Å². The first-order valence-electron chi connectivity index (χ1n) is 5.70. The predicted molar refractivity (Wildman–Crippen MR) is 62.7 cm³/mol. The van der Waals surface area contributed by atoms with Crippen molar-refractivity contribution >= 4 is 0 Å². The molecule has 1 radical (unpaired) electrons. The number of hydrogen-bond donors (Lipinski definition) is 0. The zero-order valence-corrected chi connectivity index (χ0v) is 9.91. The Kier molecular flexibility index (Phi) is 4.19. The van der Waals surface area contributed by atoms with Gasteiger partial charge in [0.05, 0.1) is 0 Å². The minimum Gasteiger partial charge on any atom is -0.0651 e. The summed E-state index contributed by atoms with van der Waals surface area (Å²) in [6.07, 6.45) is 4.85. The molecule has 0 N–H and O–H groups in total. The Morgan fingerprint density at radius 1 is 1.07 bits per heavy atom. The van der Waals surface area contributed by atoms with Gasteiger partial charge < -0.3 is 0 Å². The van der Waals surface area contributed by atoms with Crippen molar-refractivity contribution < 1.29 is 0 Å². The van der Waals surface area contributed by atoms with Crippen LogP contribution in [-0.2, 0) is 12.8 Å². The summed E-state index contributed by atoms with van der Waals surface area (Å²) >= 11 is 0. The average Bonchev–Trinajstić information content (AvgIpc) is 2.17. The van der Waals surface area contributed by atoms with Gasteiger partial charge in [0.1, 0.15) is 0 Å². The molecule has 0 nitrogen and oxygen atoms in total. The van der Waals surface area contributed by atoms with E-state index in [1.807, 2.05) is 0 Å². The molecule has 0 aliphatic rings. The lowest BCUT2D eigenvalue weighted by molar-refractivity contribution is 0.872. The van der Waals surface area contributed by atoms with Gasteiger partial charge in [-0.15, -0.1) is 0 Å². The monoisotopic (exact) mass is 189 g/mol. The highest BCUT2D eigenvalue weighted by atomic mass is 14.1. The second-order valence-corrected chi connectivity index (χ2v) is 4.04. The Labute approximate surface area is 88.4 Å². The van der Waals surface area contributed by atoms with E-state index in [1.165, 1.54) is 47.9 Å². The molecule has 0 saturated carbocycles. The molecule has 0 heterocycles. The molecule has 0 aromatic heterocycles. The molecule has 77 valence electrons. The second-order valence-electron chi connectivity index (χ2n) is 4.04. The van der Waals surface area contributed by atoms with Crippen molar-refractivity contribution in [1.82, 2.24) is 0 Å². The van der Waals surface area contributed by atoms with Gasteiger partial charge in [0, 0.05) is 0 Å². The minimum atomic E-state index is 1.19. The maximum atomic E-state index is 3.38. The van der Waals surface area contributed by atoms with Gasteiger partial charge in [-0.05, 0) is 55.0 Å². The minimum absolute atomic E-state index is 1.19. The summed E-state index contributed by atoms with van der Waals surface area (Å²) in [4.78, 5) is 0. The van der Waals surface area contributed by atoms with Crippen LogP contribution in [0.25, 0.3) is 0 Å². The Balaban J connectivity index is 3.05. The van der Waals surface area contributed by atoms with Crippen molar-refractivity contribution in [1.29, 1.82) is 0 Å². The van der Waals surface area contributed by atoms with Crippen LogP contribution in [0.2, 0.25) is 0 Å². The summed E-state index contributed by atoms with van der Waals surface area (Å²) < 4.78 is 0. The van der Waals surface area contributed by atoms with Gasteiger partial charge in [-0.1, -0.05) is 32.8 Å². The van der Waals surface area contributed by atoms with Crippen LogP contribution < -0.4 is 0 Å². The first kappa shape index (κ1) is 11.3. The van der Waals surface area contributed by atoms with Crippen LogP contribution in [0.3, 0.4) is 0 Å². The molecular formula is C14H21. The molecule has 0 aliphatic carbocycles. The van der Waals surface area contributed by atoms with E-state index in [2.05, 4.69) is 39.8 Å². The van der Waals surface area contributed by atoms with Crippen LogP contribution in [0, 0.1) is 19.9 Å². The number of hydrogen-bond acceptors (Lipinski definition) is 0. The van der Waals surface area contributed by atoms with Crippen molar-refractivity contribution in [2.45, 2.75) is 53.4 Å². The van der Waals surface area contributed by atoms with E-state index in [9.17, 15) is 0 Å². The molecule has 1 rings (SSSR count). The van der Waals surface area contributed by atoms with Crippen molar-refractivity contribution in [2.75, 3.05) is 0 Å². The van der Waals surface area contributed by atoms with Gasteiger partial charge in [0.15, 0.2) is 0 Å². The maximum Gasteiger partial charge on any atom is -0.0146 e. The molecule has 0 aliphatic heterocycles. The van der Waals surface area contributed by atoms with Crippen LogP contribution in [0.5, 0.6) is 0 Å². The Bertz CT molecular complexity index is 297. The van der Waals surface area contributed by atoms with E-state index in [0.29, 0.717) is 0 Å². The quantitative estimate of drug-likeness (QED) is 0.671. The zero-order chi connectivity index (χ0) is 10.6. The van der Waals surface area contributed by atoms with E-state index in [1.54, 1.807) is 0 Å². The Hall–Kier alpha value is -0.780. The normalized spacial score (nSPS) is 10.6. The molecule has 0 heteroatoms. The van der Waals surface area contributed by atoms with E-state index < -0.39 is 0 Å². The molecule has 0 spiro atoms. The third kappa shape index (κ3) is 2.37. The highest BCUT2D eigenvalue weighted by molar-refractivity contribution is 5.39. The van der Waals surface area contributed by atoms with Gasteiger partial charge in [0.25, 0.3) is 0 Å². The van der Waals surface area contributed by atoms with Crippen molar-refractivity contribution in [3.8, 4) is 0 Å². The summed E-state index contributed by atoms with van der Waals surface area (Å²) in [5, 5.41) is 0. The topological polar surface area (TPSA) is 0 Å². The second kappa shape index (κ2) is 5.19. The summed E-state index contributed by atoms with van der Waals surface area (Å²) in [6, 6.07) is 5.55. The van der Waals surface area contributed by atoms with Crippen LogP contribution in [0.15, 0.2) is 6.07 Å². The molecule has 0 amide bonds. The Morgan fingerprint density at radius 3 is 2.29 bits per heavy atom. The predicted octanol–water partition coefficient (Wildman–Crippen LogP) is 4.01. The fourth-order valence-corrected chi connectivity index (χ4v) is 2.02. The maximum absolute atomic E-state index is 3.38. The molecule has 14 heavy (non-hydrogen) atoms. The molecule has 0 fully saturated rings. The van der Waals surface area contributed by atoms with Crippen molar-refractivity contribution in [3.05, 3.63) is 34.4 Å². The smallest absolute Gasteiger partial charge is 0.0146 e. The van der Waals surface area contributed by atoms with Gasteiger partial charge >= 0.3 is 0 Å². The van der Waals surface area contributed by atoms with Crippen LogP contribution in [-0.4, -0.2) is 0 Å². The molecule has 1 aromatic rings. The third-order valence-electron chi connectivity index (χ3n) is 2.87. The van der Waals surface area contributed by atoms with Gasteiger partial charge in [0.2, 0.25) is 0 Å². The summed E-state index contributed by atoms with van der Waals surface area (Å²) in [7, 11) is 0. The van der Waals surface area contributed by atoms with Gasteiger partial charge in [-0.3, -0.25) is 0 Å².